The Morgan fingerprint density at radius 1 is 1.25 bits per heavy atom. The number of benzene rings is 1. The number of rotatable bonds is 1. The molecule has 0 bridgehead atoms. The van der Waals surface area contributed by atoms with Gasteiger partial charge in [0.25, 0.3) is 0 Å². The number of para-hydroxylation sites is 1. The molecule has 4 nitrogen and oxygen atoms in total. The van der Waals surface area contributed by atoms with Gasteiger partial charge in [-0.05, 0) is 18.2 Å². The van der Waals surface area contributed by atoms with Gasteiger partial charge in [-0.25, -0.2) is 4.98 Å². The van der Waals surface area contributed by atoms with Crippen molar-refractivity contribution in [3.8, 4) is 11.8 Å². The van der Waals surface area contributed by atoms with Gasteiger partial charge in [0.1, 0.15) is 17.3 Å². The molecule has 1 heterocycles. The van der Waals surface area contributed by atoms with Crippen LogP contribution in [0.15, 0.2) is 30.3 Å². The molecule has 0 saturated heterocycles. The van der Waals surface area contributed by atoms with Crippen molar-refractivity contribution in [3.05, 3.63) is 36.0 Å². The fourth-order valence-corrected chi connectivity index (χ4v) is 1.28. The van der Waals surface area contributed by atoms with E-state index >= 15 is 0 Å². The Balaban J connectivity index is 0.000000606. The maximum Gasteiger partial charge on any atom is 0.173 e. The van der Waals surface area contributed by atoms with E-state index in [1.54, 1.807) is 12.1 Å². The first-order valence-corrected chi connectivity index (χ1v) is 5.02. The van der Waals surface area contributed by atoms with Gasteiger partial charge in [-0.2, -0.15) is 11.2 Å². The molecule has 2 N–H and O–H groups in total. The molecule has 0 aliphatic rings. The van der Waals surface area contributed by atoms with Gasteiger partial charge < -0.3 is 4.84 Å². The molecule has 2 rings (SSSR count). The first kappa shape index (κ1) is 12.0. The molecule has 0 spiro atoms. The molecule has 2 aromatic rings. The molecule has 0 aliphatic carbocycles. The van der Waals surface area contributed by atoms with Gasteiger partial charge in [-0.1, -0.05) is 26.0 Å². The minimum absolute atomic E-state index is 0.349. The number of nitrogens with zero attached hydrogens (tertiary/aromatic N) is 2. The monoisotopic (exact) mass is 215 g/mol. The Morgan fingerprint density at radius 3 is 2.62 bits per heavy atom. The van der Waals surface area contributed by atoms with E-state index in [-0.39, 0.29) is 0 Å². The molecule has 0 unspecified atom stereocenters. The summed E-state index contributed by atoms with van der Waals surface area (Å²) in [7, 11) is 0. The van der Waals surface area contributed by atoms with Crippen LogP contribution in [0.4, 0.5) is 0 Å². The summed E-state index contributed by atoms with van der Waals surface area (Å²) in [6, 6.07) is 10.8. The van der Waals surface area contributed by atoms with Crippen LogP contribution in [-0.2, 0) is 0 Å². The molecule has 0 saturated carbocycles. The van der Waals surface area contributed by atoms with Crippen molar-refractivity contribution in [1.29, 1.82) is 5.26 Å². The Morgan fingerprint density at radius 2 is 2.00 bits per heavy atom. The third kappa shape index (κ3) is 2.27. The first-order valence-electron chi connectivity index (χ1n) is 5.02. The lowest BCUT2D eigenvalue weighted by molar-refractivity contribution is 0.338. The molecule has 0 aliphatic heterocycles. The predicted molar refractivity (Wildman–Crippen MR) is 62.6 cm³/mol. The van der Waals surface area contributed by atoms with Crippen molar-refractivity contribution < 1.29 is 4.84 Å². The van der Waals surface area contributed by atoms with Crippen molar-refractivity contribution in [3.63, 3.8) is 0 Å². The maximum absolute atomic E-state index is 8.68. The van der Waals surface area contributed by atoms with Gasteiger partial charge >= 0.3 is 0 Å². The van der Waals surface area contributed by atoms with Crippen molar-refractivity contribution in [2.24, 2.45) is 5.90 Å². The highest BCUT2D eigenvalue weighted by atomic mass is 16.6. The fraction of sp³-hybridized carbons (Fsp3) is 0.167. The Labute approximate surface area is 94.2 Å². The maximum atomic E-state index is 8.68. The van der Waals surface area contributed by atoms with Crippen LogP contribution in [-0.4, -0.2) is 4.98 Å². The topological polar surface area (TPSA) is 71.9 Å². The number of nitrogens with two attached hydrogens (primary N) is 1. The highest BCUT2D eigenvalue weighted by molar-refractivity contribution is 5.84. The third-order valence-electron chi connectivity index (χ3n) is 1.92. The van der Waals surface area contributed by atoms with Crippen LogP contribution in [0.1, 0.15) is 19.5 Å². The lowest BCUT2D eigenvalue weighted by atomic mass is 10.2. The van der Waals surface area contributed by atoms with Crippen molar-refractivity contribution >= 4 is 10.9 Å². The standard InChI is InChI=1S/C10H7N3O.C2H6/c11-6-8-5-4-7-2-1-3-9(14-12)10(7)13-8;1-2/h1-5H,12H2;1-2H3. The van der Waals surface area contributed by atoms with Crippen molar-refractivity contribution in [2.75, 3.05) is 0 Å². The Kier molecular flexibility index (Phi) is 4.25. The van der Waals surface area contributed by atoms with Crippen LogP contribution < -0.4 is 10.7 Å². The largest absolute Gasteiger partial charge is 0.409 e. The van der Waals surface area contributed by atoms with E-state index in [4.69, 9.17) is 11.2 Å². The second kappa shape index (κ2) is 5.69. The van der Waals surface area contributed by atoms with Crippen LogP contribution in [0.3, 0.4) is 0 Å². The van der Waals surface area contributed by atoms with E-state index in [0.717, 1.165) is 5.39 Å². The second-order valence-corrected chi connectivity index (χ2v) is 2.75. The van der Waals surface area contributed by atoms with E-state index < -0.39 is 0 Å². The Bertz CT molecular complexity index is 517. The van der Waals surface area contributed by atoms with Crippen LogP contribution in [0.2, 0.25) is 0 Å². The number of pyridine rings is 1. The Hall–Kier alpha value is -2.12. The number of nitriles is 1. The molecule has 0 atom stereocenters. The fourth-order valence-electron chi connectivity index (χ4n) is 1.28. The zero-order valence-electron chi connectivity index (χ0n) is 9.27. The van der Waals surface area contributed by atoms with E-state index in [9.17, 15) is 0 Å². The summed E-state index contributed by atoms with van der Waals surface area (Å²) < 4.78 is 0. The predicted octanol–water partition coefficient (Wildman–Crippen LogP) is 2.39. The molecule has 82 valence electrons. The van der Waals surface area contributed by atoms with E-state index in [1.165, 1.54) is 0 Å². The van der Waals surface area contributed by atoms with E-state index in [2.05, 4.69) is 9.82 Å². The molecular weight excluding hydrogens is 202 g/mol. The number of fused-ring (bicyclic) bond motifs is 1. The average molecular weight is 215 g/mol. The molecule has 0 radical (unpaired) electrons. The average Bonchev–Trinajstić information content (AvgIpc) is 2.39. The summed E-state index contributed by atoms with van der Waals surface area (Å²) in [5.74, 6) is 5.56. The summed E-state index contributed by atoms with van der Waals surface area (Å²) in [6.07, 6.45) is 0. The molecule has 16 heavy (non-hydrogen) atoms. The summed E-state index contributed by atoms with van der Waals surface area (Å²) >= 11 is 0. The van der Waals surface area contributed by atoms with Gasteiger partial charge in [-0.3, -0.25) is 0 Å². The van der Waals surface area contributed by atoms with Crippen LogP contribution >= 0.6 is 0 Å². The molecule has 0 amide bonds. The smallest absolute Gasteiger partial charge is 0.173 e. The highest BCUT2D eigenvalue weighted by Crippen LogP contribution is 2.22. The molecule has 0 fully saturated rings. The van der Waals surface area contributed by atoms with Crippen LogP contribution in [0, 0.1) is 11.3 Å². The summed E-state index contributed by atoms with van der Waals surface area (Å²) in [5, 5.41) is 9.57. The number of hydrogen-bond donors (Lipinski definition) is 1. The van der Waals surface area contributed by atoms with E-state index in [1.807, 2.05) is 38.1 Å². The minimum Gasteiger partial charge on any atom is -0.409 e. The SMILES string of the molecule is CC.N#Cc1ccc2cccc(ON)c2n1. The molecule has 4 heteroatoms. The van der Waals surface area contributed by atoms with Crippen molar-refractivity contribution in [1.82, 2.24) is 4.98 Å². The van der Waals surface area contributed by atoms with Crippen LogP contribution in [0.5, 0.6) is 5.75 Å². The molecular formula is C12H13N3O. The quantitative estimate of drug-likeness (QED) is 0.741. The summed E-state index contributed by atoms with van der Waals surface area (Å²) in [5.41, 5.74) is 0.955. The first-order chi connectivity index (χ1) is 7.85. The van der Waals surface area contributed by atoms with Gasteiger partial charge in [0, 0.05) is 5.39 Å². The van der Waals surface area contributed by atoms with E-state index in [0.29, 0.717) is 17.0 Å². The number of hydrogen-bond acceptors (Lipinski definition) is 4. The zero-order valence-corrected chi connectivity index (χ0v) is 9.27. The second-order valence-electron chi connectivity index (χ2n) is 2.75. The summed E-state index contributed by atoms with van der Waals surface area (Å²) in [6.45, 7) is 4.00. The van der Waals surface area contributed by atoms with Gasteiger partial charge in [-0.15, -0.1) is 0 Å². The normalized spacial score (nSPS) is 8.88. The van der Waals surface area contributed by atoms with Gasteiger partial charge in [0.05, 0.1) is 0 Å². The highest BCUT2D eigenvalue weighted by Gasteiger charge is 2.03. The van der Waals surface area contributed by atoms with Crippen LogP contribution in [0.25, 0.3) is 10.9 Å². The molecule has 1 aromatic heterocycles. The zero-order chi connectivity index (χ0) is 12.0. The third-order valence-corrected chi connectivity index (χ3v) is 1.92. The molecule has 1 aromatic carbocycles. The number of aromatic nitrogens is 1. The lowest BCUT2D eigenvalue weighted by Gasteiger charge is -2.02. The van der Waals surface area contributed by atoms with Gasteiger partial charge in [0.15, 0.2) is 5.75 Å². The minimum atomic E-state index is 0.349. The lowest BCUT2D eigenvalue weighted by Crippen LogP contribution is -2.02. The van der Waals surface area contributed by atoms with Gasteiger partial charge in [0.2, 0.25) is 0 Å². The van der Waals surface area contributed by atoms with Crippen molar-refractivity contribution in [2.45, 2.75) is 13.8 Å². The summed E-state index contributed by atoms with van der Waals surface area (Å²) in [4.78, 5) is 8.75.